The molecule has 1 aromatic heterocycles. The van der Waals surface area contributed by atoms with E-state index in [2.05, 4.69) is 31.1 Å². The van der Waals surface area contributed by atoms with E-state index in [0.29, 0.717) is 22.2 Å². The van der Waals surface area contributed by atoms with Gasteiger partial charge < -0.3 is 15.0 Å². The highest BCUT2D eigenvalue weighted by atomic mass is 32.2. The van der Waals surface area contributed by atoms with Gasteiger partial charge in [-0.2, -0.15) is 0 Å². The Balaban J connectivity index is 1.75. The van der Waals surface area contributed by atoms with Crippen LogP contribution in [0.3, 0.4) is 0 Å². The number of carbonyl (C=O) groups is 2. The number of anilines is 1. The number of rotatable bonds is 4. The van der Waals surface area contributed by atoms with E-state index in [0.717, 1.165) is 16.5 Å². The Kier molecular flexibility index (Phi) is 6.00. The van der Waals surface area contributed by atoms with Crippen LogP contribution in [0.2, 0.25) is 0 Å². The zero-order chi connectivity index (χ0) is 20.5. The van der Waals surface area contributed by atoms with Crippen molar-refractivity contribution in [2.45, 2.75) is 39.2 Å². The molecule has 2 amide bonds. The zero-order valence-corrected chi connectivity index (χ0v) is 18.4. The number of amides is 2. The van der Waals surface area contributed by atoms with Crippen LogP contribution < -0.4 is 10.1 Å². The van der Waals surface area contributed by atoms with Gasteiger partial charge in [0.15, 0.2) is 0 Å². The summed E-state index contributed by atoms with van der Waals surface area (Å²) in [5.74, 6) is 1.51. The van der Waals surface area contributed by atoms with Crippen LogP contribution in [0.15, 0.2) is 24.3 Å². The molecule has 2 aromatic rings. The number of thiazole rings is 1. The second-order valence-electron chi connectivity index (χ2n) is 7.69. The third-order valence-corrected chi connectivity index (χ3v) is 7.02. The minimum Gasteiger partial charge on any atom is -0.497 e. The smallest absolute Gasteiger partial charge is 0.267 e. The van der Waals surface area contributed by atoms with Crippen molar-refractivity contribution in [1.82, 2.24) is 9.88 Å². The second-order valence-corrected chi connectivity index (χ2v) is 9.69. The molecule has 1 fully saturated rings. The first-order valence-electron chi connectivity index (χ1n) is 9.02. The van der Waals surface area contributed by atoms with E-state index in [-0.39, 0.29) is 17.2 Å². The predicted octanol–water partition coefficient (Wildman–Crippen LogP) is 3.91. The summed E-state index contributed by atoms with van der Waals surface area (Å²) in [7, 11) is 1.60. The highest BCUT2D eigenvalue weighted by Gasteiger charge is 2.37. The van der Waals surface area contributed by atoms with E-state index in [9.17, 15) is 9.59 Å². The van der Waals surface area contributed by atoms with Crippen LogP contribution in [0.25, 0.3) is 0 Å². The minimum atomic E-state index is -0.501. The molecule has 0 bridgehead atoms. The lowest BCUT2D eigenvalue weighted by atomic mass is 9.98. The molecule has 8 heteroatoms. The number of aromatic nitrogens is 1. The number of hydrogen-bond donors (Lipinski definition) is 1. The first kappa shape index (κ1) is 20.7. The van der Waals surface area contributed by atoms with Crippen molar-refractivity contribution in [3.63, 3.8) is 0 Å². The molecule has 0 aliphatic carbocycles. The van der Waals surface area contributed by atoms with Crippen molar-refractivity contribution >= 4 is 40.6 Å². The maximum absolute atomic E-state index is 13.1. The Bertz CT molecular complexity index is 872. The van der Waals surface area contributed by atoms with E-state index in [1.165, 1.54) is 11.3 Å². The Morgan fingerprint density at radius 1 is 1.25 bits per heavy atom. The van der Waals surface area contributed by atoms with Crippen LogP contribution in [0.5, 0.6) is 5.75 Å². The molecular weight excluding hydrogens is 394 g/mol. The predicted molar refractivity (Wildman–Crippen MR) is 114 cm³/mol. The Morgan fingerprint density at radius 2 is 1.93 bits per heavy atom. The van der Waals surface area contributed by atoms with Crippen LogP contribution in [0, 0.1) is 6.92 Å². The molecule has 1 unspecified atom stereocenters. The van der Waals surface area contributed by atoms with Crippen LogP contribution in [-0.4, -0.2) is 46.5 Å². The zero-order valence-electron chi connectivity index (χ0n) is 16.7. The van der Waals surface area contributed by atoms with Crippen LogP contribution in [0.4, 0.5) is 5.69 Å². The van der Waals surface area contributed by atoms with Gasteiger partial charge in [0.05, 0.1) is 23.7 Å². The number of aryl methyl sites for hydroxylation is 1. The molecule has 0 spiro atoms. The molecule has 150 valence electrons. The molecule has 28 heavy (non-hydrogen) atoms. The normalized spacial score (nSPS) is 16.9. The molecule has 2 heterocycles. The van der Waals surface area contributed by atoms with E-state index in [1.54, 1.807) is 48.0 Å². The molecule has 1 aromatic carbocycles. The average Bonchev–Trinajstić information content (AvgIpc) is 3.28. The van der Waals surface area contributed by atoms with Gasteiger partial charge in [0, 0.05) is 16.9 Å². The van der Waals surface area contributed by atoms with Gasteiger partial charge >= 0.3 is 0 Å². The lowest BCUT2D eigenvalue weighted by Gasteiger charge is -2.22. The Labute approximate surface area is 173 Å². The largest absolute Gasteiger partial charge is 0.497 e. The number of carbonyl (C=O) groups excluding carboxylic acids is 2. The number of benzene rings is 1. The summed E-state index contributed by atoms with van der Waals surface area (Å²) in [5.41, 5.74) is 1.30. The van der Waals surface area contributed by atoms with Gasteiger partial charge in [-0.1, -0.05) is 20.8 Å². The first-order valence-corrected chi connectivity index (χ1v) is 11.0. The fourth-order valence-corrected chi connectivity index (χ4v) is 5.04. The van der Waals surface area contributed by atoms with Crippen molar-refractivity contribution in [2.24, 2.45) is 0 Å². The summed E-state index contributed by atoms with van der Waals surface area (Å²) in [6.07, 6.45) is 0. The van der Waals surface area contributed by atoms with Gasteiger partial charge in [0.25, 0.3) is 5.91 Å². The topological polar surface area (TPSA) is 71.5 Å². The van der Waals surface area contributed by atoms with Gasteiger partial charge in [0.2, 0.25) is 5.91 Å². The van der Waals surface area contributed by atoms with Gasteiger partial charge in [-0.25, -0.2) is 4.98 Å². The lowest BCUT2D eigenvalue weighted by Crippen LogP contribution is -2.44. The van der Waals surface area contributed by atoms with E-state index < -0.39 is 6.04 Å². The molecule has 1 aliphatic rings. The molecular formula is C20H25N3O3S2. The van der Waals surface area contributed by atoms with Crippen molar-refractivity contribution < 1.29 is 14.3 Å². The highest BCUT2D eigenvalue weighted by Crippen LogP contribution is 2.32. The third kappa shape index (κ3) is 4.33. The number of hydrogen-bond acceptors (Lipinski definition) is 6. The quantitative estimate of drug-likeness (QED) is 0.813. The van der Waals surface area contributed by atoms with Crippen molar-refractivity contribution in [1.29, 1.82) is 0 Å². The fraction of sp³-hybridized carbons (Fsp3) is 0.450. The molecule has 0 saturated carbocycles. The van der Waals surface area contributed by atoms with Gasteiger partial charge in [0.1, 0.15) is 16.7 Å². The molecule has 1 aliphatic heterocycles. The van der Waals surface area contributed by atoms with Gasteiger partial charge in [-0.3, -0.25) is 9.59 Å². The summed E-state index contributed by atoms with van der Waals surface area (Å²) in [6, 6.07) is 6.65. The van der Waals surface area contributed by atoms with Crippen LogP contribution in [0.1, 0.15) is 41.1 Å². The Morgan fingerprint density at radius 3 is 2.50 bits per heavy atom. The van der Waals surface area contributed by atoms with Crippen LogP contribution in [-0.2, 0) is 10.2 Å². The Hall–Kier alpha value is -2.06. The first-order chi connectivity index (χ1) is 13.2. The fourth-order valence-electron chi connectivity index (χ4n) is 2.81. The SMILES string of the molecule is COc1ccc(NC(=O)C2CSCN2C(=O)c2sc(C(C)(C)C)nc2C)cc1. The lowest BCUT2D eigenvalue weighted by molar-refractivity contribution is -0.119. The van der Waals surface area contributed by atoms with Crippen LogP contribution >= 0.6 is 23.1 Å². The second kappa shape index (κ2) is 8.13. The van der Waals surface area contributed by atoms with E-state index in [4.69, 9.17) is 4.74 Å². The minimum absolute atomic E-state index is 0.112. The van der Waals surface area contributed by atoms with E-state index in [1.807, 2.05) is 6.92 Å². The van der Waals surface area contributed by atoms with Crippen molar-refractivity contribution in [3.8, 4) is 5.75 Å². The summed E-state index contributed by atoms with van der Waals surface area (Å²) < 4.78 is 5.13. The molecule has 6 nitrogen and oxygen atoms in total. The van der Waals surface area contributed by atoms with E-state index >= 15 is 0 Å². The molecule has 1 saturated heterocycles. The number of nitrogens with one attached hydrogen (secondary N) is 1. The summed E-state index contributed by atoms with van der Waals surface area (Å²) >= 11 is 3.01. The van der Waals surface area contributed by atoms with Gasteiger partial charge in [-0.05, 0) is 31.2 Å². The monoisotopic (exact) mass is 419 g/mol. The maximum atomic E-state index is 13.1. The van der Waals surface area contributed by atoms with Gasteiger partial charge in [-0.15, -0.1) is 23.1 Å². The average molecular weight is 420 g/mol. The summed E-state index contributed by atoms with van der Waals surface area (Å²) in [4.78, 5) is 32.8. The maximum Gasteiger partial charge on any atom is 0.267 e. The third-order valence-electron chi connectivity index (χ3n) is 4.44. The number of thioether (sulfide) groups is 1. The number of nitrogens with zero attached hydrogens (tertiary/aromatic N) is 2. The molecule has 3 rings (SSSR count). The summed E-state index contributed by atoms with van der Waals surface area (Å²) in [6.45, 7) is 8.09. The number of methoxy groups -OCH3 is 1. The van der Waals surface area contributed by atoms with Crippen molar-refractivity contribution in [3.05, 3.63) is 39.8 Å². The number of ether oxygens (including phenoxy) is 1. The molecule has 0 radical (unpaired) electrons. The molecule has 1 N–H and O–H groups in total. The highest BCUT2D eigenvalue weighted by molar-refractivity contribution is 7.99. The summed E-state index contributed by atoms with van der Waals surface area (Å²) in [5, 5.41) is 3.83. The standard InChI is InChI=1S/C20H25N3O3S2/c1-12-16(28-19(21-12)20(2,3)4)18(25)23-11-27-10-15(23)17(24)22-13-6-8-14(26-5)9-7-13/h6-9,15H,10-11H2,1-5H3,(H,22,24). The molecule has 1 atom stereocenters. The van der Waals surface area contributed by atoms with Crippen molar-refractivity contribution in [2.75, 3.05) is 24.1 Å².